The van der Waals surface area contributed by atoms with E-state index in [-0.39, 0.29) is 5.41 Å². The molecule has 0 saturated heterocycles. The van der Waals surface area contributed by atoms with E-state index in [0.717, 1.165) is 16.7 Å². The highest BCUT2D eigenvalue weighted by Gasteiger charge is 2.44. The van der Waals surface area contributed by atoms with Gasteiger partial charge in [-0.2, -0.15) is 5.26 Å². The maximum Gasteiger partial charge on any atom is 0.179 e. The number of hydrogen-bond acceptors (Lipinski definition) is 1. The molecule has 0 atom stereocenters. The van der Waals surface area contributed by atoms with E-state index in [1.807, 2.05) is 36.4 Å². The second kappa shape index (κ2) is 13.3. The van der Waals surface area contributed by atoms with Crippen molar-refractivity contribution in [1.29, 1.82) is 5.26 Å². The van der Waals surface area contributed by atoms with Gasteiger partial charge >= 0.3 is 0 Å². The maximum atomic E-state index is 9.40. The van der Waals surface area contributed by atoms with Crippen molar-refractivity contribution in [3.63, 3.8) is 0 Å². The molecule has 0 radical (unpaired) electrons. The van der Waals surface area contributed by atoms with Crippen molar-refractivity contribution >= 4 is 45.4 Å². The molecule has 1 aliphatic carbocycles. The highest BCUT2D eigenvalue weighted by Crippen LogP contribution is 2.50. The number of hydrogen-bond donors (Lipinski definition) is 0. The number of benzene rings is 7. The lowest BCUT2D eigenvalue weighted by Crippen LogP contribution is -2.68. The Morgan fingerprint density at radius 1 is 0.600 bits per heavy atom. The lowest BCUT2D eigenvalue weighted by molar-refractivity contribution is 0.661. The van der Waals surface area contributed by atoms with Gasteiger partial charge in [-0.05, 0) is 103 Å². The Morgan fingerprint density at radius 2 is 1.18 bits per heavy atom. The van der Waals surface area contributed by atoms with E-state index in [9.17, 15) is 5.26 Å². The molecule has 262 valence electrons. The van der Waals surface area contributed by atoms with Gasteiger partial charge in [0.25, 0.3) is 0 Å². The highest BCUT2D eigenvalue weighted by atomic mass is 28.3. The van der Waals surface area contributed by atoms with Crippen LogP contribution in [0.15, 0.2) is 200 Å². The molecule has 1 aromatic heterocycles. The van der Waals surface area contributed by atoms with E-state index < -0.39 is 8.07 Å². The van der Waals surface area contributed by atoms with E-state index in [4.69, 9.17) is 0 Å². The summed E-state index contributed by atoms with van der Waals surface area (Å²) < 4.78 is 2.30. The second-order valence-corrected chi connectivity index (χ2v) is 18.7. The van der Waals surface area contributed by atoms with Gasteiger partial charge in [-0.15, -0.1) is 0 Å². The molecule has 1 aliphatic rings. The topological polar surface area (TPSA) is 28.7 Å². The SMILES string of the molecule is C=C/C=C(\C=C)[Si](c1ccccc1)(c1ccccc1)c1ccc2c(c1)C(C)(C)c1cc(-c3ccc4c(c3)c3ccccc3n4-c3ccc(C#N)cc3)ccc1-2. The molecular weight excluding hydrogens is 681 g/mol. The first kappa shape index (κ1) is 34.1. The first-order chi connectivity index (χ1) is 26.9. The van der Waals surface area contributed by atoms with Gasteiger partial charge in [-0.1, -0.05) is 160 Å². The Morgan fingerprint density at radius 3 is 1.84 bits per heavy atom. The van der Waals surface area contributed by atoms with Gasteiger partial charge in [0.15, 0.2) is 8.07 Å². The molecule has 0 spiro atoms. The summed E-state index contributed by atoms with van der Waals surface area (Å²) >= 11 is 0. The van der Waals surface area contributed by atoms with Crippen LogP contribution in [0.3, 0.4) is 0 Å². The summed E-state index contributed by atoms with van der Waals surface area (Å²) in [6, 6.07) is 61.8. The van der Waals surface area contributed by atoms with Gasteiger partial charge in [0.05, 0.1) is 22.7 Å². The number of allylic oxidation sites excluding steroid dienone is 4. The minimum atomic E-state index is -2.77. The highest BCUT2D eigenvalue weighted by molar-refractivity contribution is 7.16. The predicted molar refractivity (Wildman–Crippen MR) is 235 cm³/mol. The van der Waals surface area contributed by atoms with Crippen molar-refractivity contribution in [2.24, 2.45) is 0 Å². The van der Waals surface area contributed by atoms with Crippen molar-refractivity contribution in [3.05, 3.63) is 217 Å². The molecule has 0 bridgehead atoms. The van der Waals surface area contributed by atoms with Crippen LogP contribution in [0.1, 0.15) is 30.5 Å². The zero-order chi connectivity index (χ0) is 37.7. The van der Waals surface area contributed by atoms with Gasteiger partial charge in [0.2, 0.25) is 0 Å². The third-order valence-corrected chi connectivity index (χ3v) is 16.5. The maximum absolute atomic E-state index is 9.40. The Labute approximate surface area is 324 Å². The third kappa shape index (κ3) is 5.22. The van der Waals surface area contributed by atoms with E-state index in [1.165, 1.54) is 64.9 Å². The lowest BCUT2D eigenvalue weighted by atomic mass is 9.81. The van der Waals surface area contributed by atoms with Crippen molar-refractivity contribution < 1.29 is 0 Å². The quantitative estimate of drug-likeness (QED) is 0.0873. The summed E-state index contributed by atoms with van der Waals surface area (Å²) in [4.78, 5) is 0. The number of rotatable bonds is 8. The minimum Gasteiger partial charge on any atom is -0.309 e. The van der Waals surface area contributed by atoms with Crippen LogP contribution in [-0.2, 0) is 5.41 Å². The van der Waals surface area contributed by atoms with Crippen molar-refractivity contribution in [2.45, 2.75) is 19.3 Å². The van der Waals surface area contributed by atoms with Crippen LogP contribution in [-0.4, -0.2) is 12.6 Å². The summed E-state index contributed by atoms with van der Waals surface area (Å²) in [7, 11) is -2.77. The molecule has 8 aromatic rings. The molecule has 0 amide bonds. The number of nitriles is 1. The Balaban J connectivity index is 1.18. The van der Waals surface area contributed by atoms with E-state index in [0.29, 0.717) is 5.56 Å². The number of aromatic nitrogens is 1. The van der Waals surface area contributed by atoms with Crippen molar-refractivity contribution in [2.75, 3.05) is 0 Å². The first-order valence-corrected chi connectivity index (χ1v) is 20.8. The second-order valence-electron chi connectivity index (χ2n) is 14.9. The fraction of sp³-hybridized carbons (Fsp3) is 0.0577. The molecule has 3 heteroatoms. The Hall–Kier alpha value is -6.73. The van der Waals surface area contributed by atoms with Crippen LogP contribution in [0, 0.1) is 11.3 Å². The predicted octanol–water partition coefficient (Wildman–Crippen LogP) is 10.9. The molecule has 9 rings (SSSR count). The lowest BCUT2D eigenvalue weighted by Gasteiger charge is -2.36. The molecule has 0 fully saturated rings. The summed E-state index contributed by atoms with van der Waals surface area (Å²) in [5.41, 5.74) is 11.4. The molecule has 0 saturated carbocycles. The van der Waals surface area contributed by atoms with E-state index in [1.54, 1.807) is 0 Å². The molecule has 0 aliphatic heterocycles. The van der Waals surface area contributed by atoms with Gasteiger partial charge in [0, 0.05) is 21.9 Å². The van der Waals surface area contributed by atoms with Crippen LogP contribution < -0.4 is 15.6 Å². The largest absolute Gasteiger partial charge is 0.309 e. The summed E-state index contributed by atoms with van der Waals surface area (Å²) in [6.45, 7) is 13.2. The monoisotopic (exact) mass is 720 g/mol. The van der Waals surface area contributed by atoms with Crippen LogP contribution in [0.4, 0.5) is 0 Å². The zero-order valence-electron chi connectivity index (χ0n) is 31.1. The van der Waals surface area contributed by atoms with E-state index >= 15 is 0 Å². The first-order valence-electron chi connectivity index (χ1n) is 18.8. The third-order valence-electron chi connectivity index (χ3n) is 11.7. The molecular formula is C52H40N2Si. The number of fused-ring (bicyclic) bond motifs is 6. The molecule has 7 aromatic carbocycles. The molecule has 0 N–H and O–H groups in total. The smallest absolute Gasteiger partial charge is 0.179 e. The standard InChI is InChI=1S/C52H40N2Si/c1-5-15-40(6-2)55(41-16-9-7-10-17-41,42-18-11-8-12-19-42)43-28-30-45-44-29-24-38(33-48(44)52(3,4)49(45)34-43)37-25-31-51-47(32-37)46-20-13-14-21-50(46)54(51)39-26-22-36(35-53)23-27-39/h5-34H,1-2H2,3-4H3/b40-15+. The molecule has 55 heavy (non-hydrogen) atoms. The van der Waals surface area contributed by atoms with Gasteiger partial charge in [-0.3, -0.25) is 0 Å². The molecule has 2 nitrogen and oxygen atoms in total. The van der Waals surface area contributed by atoms with Crippen LogP contribution in [0.25, 0.3) is 49.7 Å². The summed E-state index contributed by atoms with van der Waals surface area (Å²) in [5.74, 6) is 0. The normalized spacial score (nSPS) is 13.3. The summed E-state index contributed by atoms with van der Waals surface area (Å²) in [5, 5.41) is 17.0. The van der Waals surface area contributed by atoms with Gasteiger partial charge < -0.3 is 4.57 Å². The van der Waals surface area contributed by atoms with Gasteiger partial charge in [0.1, 0.15) is 0 Å². The van der Waals surface area contributed by atoms with Crippen molar-refractivity contribution in [1.82, 2.24) is 4.57 Å². The zero-order valence-corrected chi connectivity index (χ0v) is 32.1. The average Bonchev–Trinajstić information content (AvgIpc) is 3.69. The fourth-order valence-corrected chi connectivity index (χ4v) is 13.9. The van der Waals surface area contributed by atoms with E-state index in [2.05, 4.69) is 183 Å². The van der Waals surface area contributed by atoms with Gasteiger partial charge in [-0.25, -0.2) is 0 Å². The average molecular weight is 721 g/mol. The molecule has 1 heterocycles. The Bertz CT molecular complexity index is 2830. The van der Waals surface area contributed by atoms with Crippen LogP contribution in [0.5, 0.6) is 0 Å². The Kier molecular flexibility index (Phi) is 8.23. The van der Waals surface area contributed by atoms with Crippen LogP contribution >= 0.6 is 0 Å². The fourth-order valence-electron chi connectivity index (χ4n) is 9.12. The number of para-hydroxylation sites is 1. The summed E-state index contributed by atoms with van der Waals surface area (Å²) in [6.07, 6.45) is 6.12. The van der Waals surface area contributed by atoms with Crippen LogP contribution in [0.2, 0.25) is 0 Å². The van der Waals surface area contributed by atoms with Crippen molar-refractivity contribution in [3.8, 4) is 34.0 Å². The number of nitrogens with zero attached hydrogens (tertiary/aromatic N) is 2. The minimum absolute atomic E-state index is 0.226. The molecule has 0 unspecified atom stereocenters.